The number of aliphatic carboxylic acids is 2. The van der Waals surface area contributed by atoms with Gasteiger partial charge in [0.05, 0.1) is 0 Å². The van der Waals surface area contributed by atoms with Crippen molar-refractivity contribution in [2.75, 3.05) is 13.6 Å². The van der Waals surface area contributed by atoms with Gasteiger partial charge in [0.2, 0.25) is 0 Å². The fourth-order valence-corrected chi connectivity index (χ4v) is 2.34. The van der Waals surface area contributed by atoms with Gasteiger partial charge in [-0.2, -0.15) is 0 Å². The average Bonchev–Trinajstić information content (AvgIpc) is 2.79. The third kappa shape index (κ3) is 4.06. The average molecular weight is 291 g/mol. The minimum Gasteiger partial charge on any atom is -0.489 e. The fraction of sp³-hybridized carbons (Fsp3) is 0.333. The van der Waals surface area contributed by atoms with Crippen LogP contribution in [0.15, 0.2) is 30.3 Å². The zero-order valence-corrected chi connectivity index (χ0v) is 11.6. The summed E-state index contributed by atoms with van der Waals surface area (Å²) in [6, 6.07) is 6.49. The van der Waals surface area contributed by atoms with Crippen LogP contribution in [0.4, 0.5) is 0 Å². The predicted octanol–water partition coefficient (Wildman–Crippen LogP) is 1.32. The van der Waals surface area contributed by atoms with E-state index in [-0.39, 0.29) is 6.10 Å². The zero-order chi connectivity index (χ0) is 15.4. The van der Waals surface area contributed by atoms with Gasteiger partial charge in [0.15, 0.2) is 0 Å². The first-order valence-corrected chi connectivity index (χ1v) is 6.56. The van der Waals surface area contributed by atoms with Crippen molar-refractivity contribution in [2.24, 2.45) is 0 Å². The number of likely N-dealkylation sites (tertiary alicyclic amines) is 1. The number of hydrogen-bond acceptors (Lipinski definition) is 4. The number of carboxylic acid groups (broad SMARTS) is 2. The molecule has 0 spiro atoms. The minimum absolute atomic E-state index is 0.156. The lowest BCUT2D eigenvalue weighted by Gasteiger charge is -2.13. The Morgan fingerprint density at radius 2 is 1.95 bits per heavy atom. The maximum atomic E-state index is 11.0. The van der Waals surface area contributed by atoms with Gasteiger partial charge in [-0.3, -0.25) is 9.69 Å². The number of carbonyl (C=O) groups is 2. The van der Waals surface area contributed by atoms with E-state index in [0.717, 1.165) is 11.6 Å². The number of benzene rings is 1. The second kappa shape index (κ2) is 6.41. The van der Waals surface area contributed by atoms with Gasteiger partial charge in [0, 0.05) is 19.0 Å². The molecule has 6 heteroatoms. The minimum atomic E-state index is -0.996. The Bertz CT molecular complexity index is 552. The number of carboxylic acids is 2. The summed E-state index contributed by atoms with van der Waals surface area (Å²) in [6.45, 7) is 0.567. The summed E-state index contributed by atoms with van der Waals surface area (Å²) < 4.78 is 5.76. The highest BCUT2D eigenvalue weighted by Gasteiger charge is 2.35. The summed E-state index contributed by atoms with van der Waals surface area (Å²) in [6.07, 6.45) is 2.86. The predicted molar refractivity (Wildman–Crippen MR) is 76.2 cm³/mol. The number of likely N-dealkylation sites (N-methyl/N-ethyl adjacent to an activating group) is 1. The Kier molecular flexibility index (Phi) is 4.59. The van der Waals surface area contributed by atoms with Crippen molar-refractivity contribution in [3.63, 3.8) is 0 Å². The molecule has 2 N–H and O–H groups in total. The summed E-state index contributed by atoms with van der Waals surface area (Å²) >= 11 is 0. The summed E-state index contributed by atoms with van der Waals surface area (Å²) in [5.74, 6) is -1.19. The van der Waals surface area contributed by atoms with E-state index < -0.39 is 18.0 Å². The van der Waals surface area contributed by atoms with Crippen LogP contribution in [-0.4, -0.2) is 52.8 Å². The number of ether oxygens (including phenoxy) is 1. The summed E-state index contributed by atoms with van der Waals surface area (Å²) in [4.78, 5) is 23.2. The van der Waals surface area contributed by atoms with Crippen LogP contribution < -0.4 is 4.74 Å². The second-order valence-corrected chi connectivity index (χ2v) is 5.01. The van der Waals surface area contributed by atoms with E-state index in [1.165, 1.54) is 6.08 Å². The molecule has 112 valence electrons. The molecule has 6 nitrogen and oxygen atoms in total. The Hall–Kier alpha value is -2.34. The fourth-order valence-electron chi connectivity index (χ4n) is 2.34. The third-order valence-corrected chi connectivity index (χ3v) is 3.40. The Morgan fingerprint density at radius 1 is 1.29 bits per heavy atom. The quantitative estimate of drug-likeness (QED) is 0.796. The van der Waals surface area contributed by atoms with Crippen molar-refractivity contribution >= 4 is 18.0 Å². The van der Waals surface area contributed by atoms with E-state index in [9.17, 15) is 9.59 Å². The summed E-state index contributed by atoms with van der Waals surface area (Å²) in [5, 5.41) is 17.6. The van der Waals surface area contributed by atoms with Crippen LogP contribution >= 0.6 is 0 Å². The van der Waals surface area contributed by atoms with Gasteiger partial charge < -0.3 is 14.9 Å². The first kappa shape index (κ1) is 15.1. The van der Waals surface area contributed by atoms with Gasteiger partial charge in [0.1, 0.15) is 17.9 Å². The van der Waals surface area contributed by atoms with E-state index in [1.807, 2.05) is 0 Å². The molecule has 21 heavy (non-hydrogen) atoms. The molecule has 1 aliphatic heterocycles. The Labute approximate surface area is 122 Å². The highest BCUT2D eigenvalue weighted by molar-refractivity contribution is 5.85. The molecule has 1 saturated heterocycles. The lowest BCUT2D eigenvalue weighted by atomic mass is 10.2. The molecular formula is C15H17NO5. The molecule has 0 aromatic heterocycles. The molecule has 0 aliphatic carbocycles. The molecule has 0 radical (unpaired) electrons. The van der Waals surface area contributed by atoms with Crippen molar-refractivity contribution in [1.82, 2.24) is 4.90 Å². The monoisotopic (exact) mass is 291 g/mol. The first-order valence-electron chi connectivity index (χ1n) is 6.56. The molecule has 1 fully saturated rings. The van der Waals surface area contributed by atoms with E-state index in [1.54, 1.807) is 36.2 Å². The van der Waals surface area contributed by atoms with Gasteiger partial charge in [-0.25, -0.2) is 4.79 Å². The molecule has 0 bridgehead atoms. The van der Waals surface area contributed by atoms with E-state index in [2.05, 4.69) is 0 Å². The van der Waals surface area contributed by atoms with Crippen molar-refractivity contribution < 1.29 is 24.5 Å². The molecular weight excluding hydrogens is 274 g/mol. The maximum absolute atomic E-state index is 11.0. The molecule has 0 saturated carbocycles. The number of nitrogens with zero attached hydrogens (tertiary/aromatic N) is 1. The van der Waals surface area contributed by atoms with Crippen LogP contribution in [0.2, 0.25) is 0 Å². The highest BCUT2D eigenvalue weighted by Crippen LogP contribution is 2.22. The van der Waals surface area contributed by atoms with E-state index in [4.69, 9.17) is 14.9 Å². The SMILES string of the molecule is CN1CC(Oc2ccc(/C=C/C(=O)O)cc2)CC1C(=O)O. The van der Waals surface area contributed by atoms with Crippen LogP contribution in [0, 0.1) is 0 Å². The Balaban J connectivity index is 1.95. The third-order valence-electron chi connectivity index (χ3n) is 3.40. The number of hydrogen-bond donors (Lipinski definition) is 2. The first-order chi connectivity index (χ1) is 9.95. The van der Waals surface area contributed by atoms with Crippen molar-refractivity contribution in [2.45, 2.75) is 18.6 Å². The van der Waals surface area contributed by atoms with Crippen molar-refractivity contribution in [3.05, 3.63) is 35.9 Å². The van der Waals surface area contributed by atoms with Crippen LogP contribution in [0.5, 0.6) is 5.75 Å². The van der Waals surface area contributed by atoms with Gasteiger partial charge in [0.25, 0.3) is 0 Å². The standard InChI is InChI=1S/C15H17NO5/c1-16-9-12(8-13(16)15(19)20)21-11-5-2-10(3-6-11)4-7-14(17)18/h2-7,12-13H,8-9H2,1H3,(H,17,18)(H,19,20)/b7-4+. The molecule has 2 unspecified atom stereocenters. The summed E-state index contributed by atoms with van der Waals surface area (Å²) in [7, 11) is 1.77. The van der Waals surface area contributed by atoms with Gasteiger partial charge in [-0.15, -0.1) is 0 Å². The van der Waals surface area contributed by atoms with Crippen LogP contribution in [0.25, 0.3) is 6.08 Å². The number of rotatable bonds is 5. The largest absolute Gasteiger partial charge is 0.489 e. The van der Waals surface area contributed by atoms with Gasteiger partial charge >= 0.3 is 11.9 Å². The zero-order valence-electron chi connectivity index (χ0n) is 11.6. The van der Waals surface area contributed by atoms with Crippen molar-refractivity contribution in [3.8, 4) is 5.75 Å². The molecule has 1 aliphatic rings. The molecule has 1 aromatic rings. The topological polar surface area (TPSA) is 87.1 Å². The summed E-state index contributed by atoms with van der Waals surface area (Å²) in [5.41, 5.74) is 0.761. The van der Waals surface area contributed by atoms with E-state index in [0.29, 0.717) is 18.7 Å². The van der Waals surface area contributed by atoms with Gasteiger partial charge in [-0.05, 0) is 30.8 Å². The molecule has 2 rings (SSSR count). The smallest absolute Gasteiger partial charge is 0.328 e. The highest BCUT2D eigenvalue weighted by atomic mass is 16.5. The second-order valence-electron chi connectivity index (χ2n) is 5.01. The molecule has 1 heterocycles. The van der Waals surface area contributed by atoms with Crippen molar-refractivity contribution in [1.29, 1.82) is 0 Å². The Morgan fingerprint density at radius 3 is 2.48 bits per heavy atom. The maximum Gasteiger partial charge on any atom is 0.328 e. The van der Waals surface area contributed by atoms with Crippen LogP contribution in [-0.2, 0) is 9.59 Å². The lowest BCUT2D eigenvalue weighted by Crippen LogP contribution is -2.32. The van der Waals surface area contributed by atoms with Gasteiger partial charge in [-0.1, -0.05) is 12.1 Å². The van der Waals surface area contributed by atoms with Crippen LogP contribution in [0.3, 0.4) is 0 Å². The molecule has 2 atom stereocenters. The molecule has 0 amide bonds. The normalized spacial score (nSPS) is 22.5. The van der Waals surface area contributed by atoms with E-state index >= 15 is 0 Å². The van der Waals surface area contributed by atoms with Crippen LogP contribution in [0.1, 0.15) is 12.0 Å². The lowest BCUT2D eigenvalue weighted by molar-refractivity contribution is -0.141. The molecule has 1 aromatic carbocycles.